The molecule has 62 heavy (non-hydrogen) atoms. The summed E-state index contributed by atoms with van der Waals surface area (Å²) in [5, 5.41) is 14.5. The van der Waals surface area contributed by atoms with Crippen LogP contribution in [0.4, 0.5) is 34.1 Å². The van der Waals surface area contributed by atoms with Crippen molar-refractivity contribution in [3.05, 3.63) is 243 Å². The van der Waals surface area contributed by atoms with Crippen molar-refractivity contribution in [1.29, 1.82) is 0 Å². The fourth-order valence-corrected chi connectivity index (χ4v) is 9.53. The van der Waals surface area contributed by atoms with Gasteiger partial charge < -0.3 is 9.80 Å². The Morgan fingerprint density at radius 2 is 0.500 bits per heavy atom. The summed E-state index contributed by atoms with van der Waals surface area (Å²) in [6, 6.07) is 88.8. The largest absolute Gasteiger partial charge is 0.310 e. The summed E-state index contributed by atoms with van der Waals surface area (Å²) in [6.45, 7) is 0. The second-order valence-corrected chi connectivity index (χ2v) is 16.2. The SMILES string of the molecule is c1ccc(N(c2ccc3ccccc3c2)c2ccc(-c3ccc(N(c4ccccc4)c4ccc5ccccc5c4)c4cc5ccccc5cc34)c3cc4ccccc4cc23)cc1. The molecule has 0 aliphatic heterocycles. The van der Waals surface area contributed by atoms with E-state index in [-0.39, 0.29) is 0 Å². The van der Waals surface area contributed by atoms with Crippen LogP contribution in [-0.4, -0.2) is 0 Å². The van der Waals surface area contributed by atoms with E-state index >= 15 is 0 Å². The van der Waals surface area contributed by atoms with Gasteiger partial charge in [-0.1, -0.05) is 158 Å². The van der Waals surface area contributed by atoms with Gasteiger partial charge >= 0.3 is 0 Å². The molecule has 0 saturated heterocycles. The zero-order valence-electron chi connectivity index (χ0n) is 34.0. The van der Waals surface area contributed by atoms with Crippen LogP contribution in [0.15, 0.2) is 243 Å². The summed E-state index contributed by atoms with van der Waals surface area (Å²) in [5.41, 5.74) is 9.13. The Hall–Kier alpha value is -8.20. The van der Waals surface area contributed by atoms with E-state index in [1.165, 1.54) is 75.8 Å². The van der Waals surface area contributed by atoms with E-state index in [0.717, 1.165) is 34.1 Å². The van der Waals surface area contributed by atoms with Crippen molar-refractivity contribution in [1.82, 2.24) is 0 Å². The molecule has 12 aromatic carbocycles. The van der Waals surface area contributed by atoms with Crippen molar-refractivity contribution >= 4 is 98.8 Å². The van der Waals surface area contributed by atoms with E-state index in [4.69, 9.17) is 0 Å². The molecule has 290 valence electrons. The fraction of sp³-hybridized carbons (Fsp3) is 0. The molecule has 12 aromatic rings. The zero-order valence-corrected chi connectivity index (χ0v) is 34.0. The molecule has 0 fully saturated rings. The van der Waals surface area contributed by atoms with Gasteiger partial charge in [0.1, 0.15) is 0 Å². The highest BCUT2D eigenvalue weighted by Crippen LogP contribution is 2.48. The van der Waals surface area contributed by atoms with Crippen LogP contribution < -0.4 is 9.80 Å². The molecule has 0 aliphatic rings. The third-order valence-electron chi connectivity index (χ3n) is 12.5. The molecular weight excluding hydrogens is 749 g/mol. The topological polar surface area (TPSA) is 6.48 Å². The minimum atomic E-state index is 1.11. The van der Waals surface area contributed by atoms with Gasteiger partial charge in [0.25, 0.3) is 0 Å². The van der Waals surface area contributed by atoms with Gasteiger partial charge in [0, 0.05) is 33.5 Å². The van der Waals surface area contributed by atoms with Gasteiger partial charge in [-0.3, -0.25) is 0 Å². The quantitative estimate of drug-likeness (QED) is 0.148. The van der Waals surface area contributed by atoms with Crippen molar-refractivity contribution in [2.24, 2.45) is 0 Å². The summed E-state index contributed by atoms with van der Waals surface area (Å²) >= 11 is 0. The Kier molecular flexibility index (Phi) is 8.53. The van der Waals surface area contributed by atoms with Crippen molar-refractivity contribution in [2.45, 2.75) is 0 Å². The molecule has 0 heterocycles. The Balaban J connectivity index is 1.13. The number of fused-ring (bicyclic) bond motifs is 6. The number of hydrogen-bond donors (Lipinski definition) is 0. The van der Waals surface area contributed by atoms with Gasteiger partial charge in [0.2, 0.25) is 0 Å². The maximum Gasteiger partial charge on any atom is 0.0540 e. The van der Waals surface area contributed by atoms with Gasteiger partial charge in [-0.2, -0.15) is 0 Å². The van der Waals surface area contributed by atoms with Gasteiger partial charge in [-0.25, -0.2) is 0 Å². The van der Waals surface area contributed by atoms with E-state index in [0.29, 0.717) is 0 Å². The van der Waals surface area contributed by atoms with Gasteiger partial charge in [0.15, 0.2) is 0 Å². The number of rotatable bonds is 7. The molecule has 2 nitrogen and oxygen atoms in total. The molecular formula is C60H40N2. The standard InChI is InChI=1S/C60H40N2/c1-3-23-49(24-4-1)61(51-29-27-41-15-7-9-17-43(41)35-51)59-33-31-53(55-37-45-19-11-13-21-47(45)39-57(55)59)54-32-34-60(58-40-48-22-14-12-20-46(48)38-56(54)58)62(50-25-5-2-6-26-50)52-30-28-42-16-8-10-18-44(42)36-52/h1-40H. The number of hydrogen-bond acceptors (Lipinski definition) is 2. The minimum absolute atomic E-state index is 1.11. The molecule has 0 aromatic heterocycles. The number of anilines is 6. The number of nitrogens with zero attached hydrogens (tertiary/aromatic N) is 2. The van der Waals surface area contributed by atoms with Crippen LogP contribution in [0, 0.1) is 0 Å². The normalized spacial score (nSPS) is 11.5. The van der Waals surface area contributed by atoms with Gasteiger partial charge in [0.05, 0.1) is 11.4 Å². The lowest BCUT2D eigenvalue weighted by Gasteiger charge is -2.29. The van der Waals surface area contributed by atoms with Crippen molar-refractivity contribution in [2.75, 3.05) is 9.80 Å². The summed E-state index contributed by atoms with van der Waals surface area (Å²) in [6.07, 6.45) is 0. The first-order chi connectivity index (χ1) is 30.7. The average Bonchev–Trinajstić information content (AvgIpc) is 3.34. The molecule has 0 bridgehead atoms. The first kappa shape index (κ1) is 35.7. The molecule has 2 heteroatoms. The predicted molar refractivity (Wildman–Crippen MR) is 266 cm³/mol. The molecule has 0 aliphatic carbocycles. The molecule has 0 N–H and O–H groups in total. The maximum atomic E-state index is 2.42. The van der Waals surface area contributed by atoms with Crippen LogP contribution in [0.1, 0.15) is 0 Å². The first-order valence-electron chi connectivity index (χ1n) is 21.3. The van der Waals surface area contributed by atoms with Crippen LogP contribution in [-0.2, 0) is 0 Å². The third kappa shape index (κ3) is 6.12. The summed E-state index contributed by atoms with van der Waals surface area (Å²) < 4.78 is 0. The Labute approximate surface area is 360 Å². The lowest BCUT2D eigenvalue weighted by atomic mass is 9.89. The molecule has 0 amide bonds. The predicted octanol–water partition coefficient (Wildman–Crippen LogP) is 17.2. The van der Waals surface area contributed by atoms with E-state index in [1.807, 2.05) is 0 Å². The van der Waals surface area contributed by atoms with Crippen LogP contribution >= 0.6 is 0 Å². The molecule has 0 radical (unpaired) electrons. The van der Waals surface area contributed by atoms with E-state index in [9.17, 15) is 0 Å². The van der Waals surface area contributed by atoms with Crippen molar-refractivity contribution < 1.29 is 0 Å². The van der Waals surface area contributed by atoms with E-state index in [2.05, 4.69) is 252 Å². The lowest BCUT2D eigenvalue weighted by Crippen LogP contribution is -2.11. The molecule has 12 rings (SSSR count). The molecule has 0 atom stereocenters. The Morgan fingerprint density at radius 3 is 0.871 bits per heavy atom. The van der Waals surface area contributed by atoms with Crippen LogP contribution in [0.2, 0.25) is 0 Å². The van der Waals surface area contributed by atoms with Crippen molar-refractivity contribution in [3.8, 4) is 11.1 Å². The summed E-state index contributed by atoms with van der Waals surface area (Å²) in [4.78, 5) is 4.84. The minimum Gasteiger partial charge on any atom is -0.310 e. The first-order valence-corrected chi connectivity index (χ1v) is 21.3. The van der Waals surface area contributed by atoms with Crippen molar-refractivity contribution in [3.63, 3.8) is 0 Å². The molecule has 0 spiro atoms. The lowest BCUT2D eigenvalue weighted by molar-refractivity contribution is 1.30. The average molecular weight is 789 g/mol. The van der Waals surface area contributed by atoms with E-state index in [1.54, 1.807) is 0 Å². The monoisotopic (exact) mass is 788 g/mol. The van der Waals surface area contributed by atoms with Gasteiger partial charge in [-0.15, -0.1) is 0 Å². The smallest absolute Gasteiger partial charge is 0.0540 e. The highest BCUT2D eigenvalue weighted by Gasteiger charge is 2.22. The second-order valence-electron chi connectivity index (χ2n) is 16.2. The Morgan fingerprint density at radius 1 is 0.194 bits per heavy atom. The third-order valence-corrected chi connectivity index (χ3v) is 12.5. The summed E-state index contributed by atoms with van der Waals surface area (Å²) in [7, 11) is 0. The number of benzene rings is 12. The number of para-hydroxylation sites is 2. The summed E-state index contributed by atoms with van der Waals surface area (Å²) in [5.74, 6) is 0. The highest BCUT2D eigenvalue weighted by molar-refractivity contribution is 6.18. The fourth-order valence-electron chi connectivity index (χ4n) is 9.53. The van der Waals surface area contributed by atoms with Crippen LogP contribution in [0.5, 0.6) is 0 Å². The van der Waals surface area contributed by atoms with Crippen LogP contribution in [0.25, 0.3) is 75.8 Å². The molecule has 0 saturated carbocycles. The van der Waals surface area contributed by atoms with E-state index < -0.39 is 0 Å². The second kappa shape index (κ2) is 14.8. The maximum absolute atomic E-state index is 2.42. The molecule has 0 unspecified atom stereocenters. The van der Waals surface area contributed by atoms with Gasteiger partial charge in [-0.05, 0) is 150 Å². The zero-order chi connectivity index (χ0) is 41.0. The Bertz CT molecular complexity index is 3410. The highest BCUT2D eigenvalue weighted by atomic mass is 15.1. The van der Waals surface area contributed by atoms with Crippen LogP contribution in [0.3, 0.4) is 0 Å².